The first-order chi connectivity index (χ1) is 9.94. The number of hydrogen-bond acceptors (Lipinski definition) is 5. The van der Waals surface area contributed by atoms with Gasteiger partial charge in [-0.05, 0) is 31.4 Å². The first-order valence-electron chi connectivity index (χ1n) is 6.68. The third-order valence-corrected chi connectivity index (χ3v) is 4.78. The summed E-state index contributed by atoms with van der Waals surface area (Å²) in [7, 11) is -2.54. The summed E-state index contributed by atoms with van der Waals surface area (Å²) in [5.74, 6) is -0.967. The molecule has 1 aromatic carbocycles. The molecule has 1 aliphatic rings. The first kappa shape index (κ1) is 16.0. The number of rotatable bonds is 6. The molecule has 1 atom stereocenters. The van der Waals surface area contributed by atoms with E-state index in [-0.39, 0.29) is 29.0 Å². The number of nitrogens with two attached hydrogens (primary N) is 1. The van der Waals surface area contributed by atoms with Crippen molar-refractivity contribution in [3.63, 3.8) is 0 Å². The summed E-state index contributed by atoms with van der Waals surface area (Å²) in [6.45, 7) is 0.957. The molecule has 0 bridgehead atoms. The lowest BCUT2D eigenvalue weighted by Gasteiger charge is -2.12. The Morgan fingerprint density at radius 1 is 1.52 bits per heavy atom. The van der Waals surface area contributed by atoms with Crippen molar-refractivity contribution in [1.82, 2.24) is 4.72 Å². The second-order valence-electron chi connectivity index (χ2n) is 4.85. The lowest BCUT2D eigenvalue weighted by Crippen LogP contribution is -2.27. The van der Waals surface area contributed by atoms with Gasteiger partial charge in [-0.2, -0.15) is 0 Å². The Hall–Kier alpha value is -1.38. The van der Waals surface area contributed by atoms with Crippen molar-refractivity contribution in [1.29, 1.82) is 0 Å². The lowest BCUT2D eigenvalue weighted by molar-refractivity contribution is 0.105. The number of halogens is 1. The van der Waals surface area contributed by atoms with E-state index < -0.39 is 15.8 Å². The van der Waals surface area contributed by atoms with E-state index in [1.54, 1.807) is 0 Å². The third-order valence-electron chi connectivity index (χ3n) is 3.34. The molecule has 1 aromatic rings. The molecule has 8 heteroatoms. The van der Waals surface area contributed by atoms with Gasteiger partial charge in [0.2, 0.25) is 10.0 Å². The number of anilines is 1. The minimum absolute atomic E-state index is 0.0583. The minimum atomic E-state index is -3.80. The van der Waals surface area contributed by atoms with E-state index in [9.17, 15) is 12.8 Å². The van der Waals surface area contributed by atoms with Crippen LogP contribution in [-0.4, -0.2) is 34.8 Å². The third kappa shape index (κ3) is 3.84. The van der Waals surface area contributed by atoms with Crippen LogP contribution < -0.4 is 15.2 Å². The van der Waals surface area contributed by atoms with Crippen LogP contribution in [0.5, 0.6) is 5.75 Å². The van der Waals surface area contributed by atoms with E-state index in [0.717, 1.165) is 25.5 Å². The van der Waals surface area contributed by atoms with Crippen molar-refractivity contribution in [2.45, 2.75) is 30.3 Å². The zero-order valence-corrected chi connectivity index (χ0v) is 12.6. The van der Waals surface area contributed by atoms with Crippen LogP contribution in [0.25, 0.3) is 0 Å². The van der Waals surface area contributed by atoms with Gasteiger partial charge in [0.25, 0.3) is 0 Å². The molecule has 1 heterocycles. The maximum absolute atomic E-state index is 13.7. The Balaban J connectivity index is 2.04. The van der Waals surface area contributed by atoms with Gasteiger partial charge in [-0.15, -0.1) is 0 Å². The van der Waals surface area contributed by atoms with Crippen LogP contribution in [0.15, 0.2) is 17.0 Å². The summed E-state index contributed by atoms with van der Waals surface area (Å²) in [6, 6.07) is 2.07. The molecular weight excluding hydrogens is 299 g/mol. The Labute approximate surface area is 123 Å². The Kier molecular flexibility index (Phi) is 5.02. The SMILES string of the molecule is COc1c(N)cc(S(=O)(=O)NCCC2CCCO2)cc1F. The minimum Gasteiger partial charge on any atom is -0.492 e. The van der Waals surface area contributed by atoms with Gasteiger partial charge in [0.05, 0.1) is 23.8 Å². The van der Waals surface area contributed by atoms with Crippen LogP contribution in [0.3, 0.4) is 0 Å². The number of hydrogen-bond donors (Lipinski definition) is 2. The van der Waals surface area contributed by atoms with Gasteiger partial charge in [0.1, 0.15) is 0 Å². The summed E-state index contributed by atoms with van der Waals surface area (Å²) in [4.78, 5) is -0.217. The molecular formula is C13H19FN2O4S. The van der Waals surface area contributed by atoms with E-state index in [1.165, 1.54) is 13.2 Å². The van der Waals surface area contributed by atoms with Crippen LogP contribution in [0.1, 0.15) is 19.3 Å². The molecule has 0 aliphatic carbocycles. The molecule has 0 spiro atoms. The van der Waals surface area contributed by atoms with Gasteiger partial charge >= 0.3 is 0 Å². The number of sulfonamides is 1. The summed E-state index contributed by atoms with van der Waals surface area (Å²) in [6.07, 6.45) is 2.61. The number of methoxy groups -OCH3 is 1. The number of nitrogen functional groups attached to an aromatic ring is 1. The number of ether oxygens (including phenoxy) is 2. The zero-order valence-electron chi connectivity index (χ0n) is 11.8. The fraction of sp³-hybridized carbons (Fsp3) is 0.538. The maximum atomic E-state index is 13.7. The molecule has 1 fully saturated rings. The fourth-order valence-corrected chi connectivity index (χ4v) is 3.36. The van der Waals surface area contributed by atoms with E-state index >= 15 is 0 Å². The first-order valence-corrected chi connectivity index (χ1v) is 8.16. The molecule has 0 saturated carbocycles. The van der Waals surface area contributed by atoms with E-state index in [1.807, 2.05) is 0 Å². The highest BCUT2D eigenvalue weighted by molar-refractivity contribution is 7.89. The molecule has 6 nitrogen and oxygen atoms in total. The van der Waals surface area contributed by atoms with Crippen molar-refractivity contribution in [3.05, 3.63) is 17.9 Å². The van der Waals surface area contributed by atoms with Crippen molar-refractivity contribution in [2.24, 2.45) is 0 Å². The van der Waals surface area contributed by atoms with E-state index in [4.69, 9.17) is 15.2 Å². The molecule has 1 saturated heterocycles. The highest BCUT2D eigenvalue weighted by Crippen LogP contribution is 2.28. The van der Waals surface area contributed by atoms with Crippen LogP contribution in [0.2, 0.25) is 0 Å². The van der Waals surface area contributed by atoms with Gasteiger partial charge in [0, 0.05) is 13.2 Å². The monoisotopic (exact) mass is 318 g/mol. The Bertz CT molecular complexity index is 577. The summed E-state index contributed by atoms with van der Waals surface area (Å²) in [5, 5.41) is 0. The van der Waals surface area contributed by atoms with Crippen LogP contribution >= 0.6 is 0 Å². The predicted octanol–water partition coefficient (Wildman–Crippen LogP) is 1.26. The predicted molar refractivity (Wildman–Crippen MR) is 76.1 cm³/mol. The lowest BCUT2D eigenvalue weighted by atomic mass is 10.2. The van der Waals surface area contributed by atoms with Crippen LogP contribution in [-0.2, 0) is 14.8 Å². The molecule has 1 aliphatic heterocycles. The largest absolute Gasteiger partial charge is 0.492 e. The molecule has 1 unspecified atom stereocenters. The van der Waals surface area contributed by atoms with Crippen LogP contribution in [0, 0.1) is 5.82 Å². The topological polar surface area (TPSA) is 90.7 Å². The highest BCUT2D eigenvalue weighted by Gasteiger charge is 2.20. The van der Waals surface area contributed by atoms with Gasteiger partial charge in [-0.3, -0.25) is 0 Å². The van der Waals surface area contributed by atoms with Gasteiger partial charge in [-0.1, -0.05) is 0 Å². The standard InChI is InChI=1S/C13H19FN2O4S/c1-19-13-11(14)7-10(8-12(13)15)21(17,18)16-5-4-9-3-2-6-20-9/h7-9,16H,2-6,15H2,1H3. The Morgan fingerprint density at radius 3 is 2.86 bits per heavy atom. The maximum Gasteiger partial charge on any atom is 0.240 e. The normalized spacial score (nSPS) is 18.9. The highest BCUT2D eigenvalue weighted by atomic mass is 32.2. The van der Waals surface area contributed by atoms with Crippen molar-refractivity contribution >= 4 is 15.7 Å². The average Bonchev–Trinajstić information content (AvgIpc) is 2.91. The molecule has 0 amide bonds. The number of nitrogens with one attached hydrogen (secondary N) is 1. The molecule has 0 radical (unpaired) electrons. The molecule has 0 aromatic heterocycles. The molecule has 3 N–H and O–H groups in total. The van der Waals surface area contributed by atoms with Crippen LogP contribution in [0.4, 0.5) is 10.1 Å². The van der Waals surface area contributed by atoms with Crippen molar-refractivity contribution < 1.29 is 22.3 Å². The molecule has 2 rings (SSSR count). The second kappa shape index (κ2) is 6.59. The molecule has 21 heavy (non-hydrogen) atoms. The summed E-state index contributed by atoms with van der Waals surface area (Å²) >= 11 is 0. The second-order valence-corrected chi connectivity index (χ2v) is 6.62. The van der Waals surface area contributed by atoms with Gasteiger partial charge in [0.15, 0.2) is 11.6 Å². The van der Waals surface area contributed by atoms with Gasteiger partial charge < -0.3 is 15.2 Å². The van der Waals surface area contributed by atoms with E-state index in [0.29, 0.717) is 6.42 Å². The number of benzene rings is 1. The van der Waals surface area contributed by atoms with E-state index in [2.05, 4.69) is 4.72 Å². The molecule has 118 valence electrons. The smallest absolute Gasteiger partial charge is 0.240 e. The zero-order chi connectivity index (χ0) is 15.5. The van der Waals surface area contributed by atoms with Gasteiger partial charge in [-0.25, -0.2) is 17.5 Å². The summed E-state index contributed by atoms with van der Waals surface area (Å²) in [5.41, 5.74) is 5.52. The van der Waals surface area contributed by atoms with Crippen molar-refractivity contribution in [3.8, 4) is 5.75 Å². The quantitative estimate of drug-likeness (QED) is 0.771. The fourth-order valence-electron chi connectivity index (χ4n) is 2.27. The summed E-state index contributed by atoms with van der Waals surface area (Å²) < 4.78 is 50.5. The Morgan fingerprint density at radius 2 is 2.29 bits per heavy atom. The average molecular weight is 318 g/mol. The van der Waals surface area contributed by atoms with Crippen molar-refractivity contribution in [2.75, 3.05) is 26.0 Å².